The third-order valence-corrected chi connectivity index (χ3v) is 16.3. The lowest BCUT2D eigenvalue weighted by molar-refractivity contribution is -0.0399. The minimum absolute atomic E-state index is 0.196. The second-order valence-electron chi connectivity index (χ2n) is 19.7. The molecule has 0 radical (unpaired) electrons. The molecule has 1 heterocycles. The SMILES string of the molecule is c1ccc(-c2ccc(N(c3ccc(-c4ccc(-c5ccccc5-c5ccc6c(c5)-c5ccccc5C65C6CC7CC(C6)CC5C7)cc4)cc3)c3ccc4c(c3)oc3ccccc34)cc2)cc1. The standard InChI is InChI=1S/C64H49NO/c1-2-10-43(11-3-1)45-22-27-51(28-23-45)65(53-31-32-58-57-15-7-9-17-62(57)66-63(58)40-53)52-29-24-46(25-30-52)44-18-20-47(21-19-44)54-12-4-5-13-55(54)48-26-33-61-59(39-48)56-14-6-8-16-60(56)64(61)49-35-41-34-42(37-49)38-50(64)36-41/h1-33,39-42,49-50H,34-38H2. The molecule has 1 spiro atoms. The summed E-state index contributed by atoms with van der Waals surface area (Å²) in [6, 6.07) is 78.5. The first kappa shape index (κ1) is 37.9. The summed E-state index contributed by atoms with van der Waals surface area (Å²) < 4.78 is 6.39. The van der Waals surface area contributed by atoms with Crippen LogP contribution in [0.25, 0.3) is 77.6 Å². The fourth-order valence-corrected chi connectivity index (χ4v) is 13.7. The van der Waals surface area contributed by atoms with Crippen molar-refractivity contribution in [2.24, 2.45) is 23.7 Å². The van der Waals surface area contributed by atoms with Crippen molar-refractivity contribution in [2.45, 2.75) is 37.5 Å². The molecule has 5 aliphatic carbocycles. The van der Waals surface area contributed by atoms with Gasteiger partial charge in [-0.15, -0.1) is 0 Å². The molecular formula is C64H49NO. The fraction of sp³-hybridized carbons (Fsp3) is 0.156. The number of nitrogens with zero attached hydrogens (tertiary/aromatic N) is 1. The van der Waals surface area contributed by atoms with Gasteiger partial charge in [-0.1, -0.05) is 158 Å². The van der Waals surface area contributed by atoms with Crippen LogP contribution < -0.4 is 4.90 Å². The lowest BCUT2D eigenvalue weighted by atomic mass is 9.43. The molecule has 10 aromatic rings. The van der Waals surface area contributed by atoms with Gasteiger partial charge >= 0.3 is 0 Å². The van der Waals surface area contributed by atoms with Gasteiger partial charge in [-0.2, -0.15) is 0 Å². The Balaban J connectivity index is 0.785. The van der Waals surface area contributed by atoms with Crippen molar-refractivity contribution < 1.29 is 4.42 Å². The maximum atomic E-state index is 6.39. The number of rotatable bonds is 7. The maximum absolute atomic E-state index is 6.39. The summed E-state index contributed by atoms with van der Waals surface area (Å²) in [6.45, 7) is 0. The van der Waals surface area contributed by atoms with E-state index in [2.05, 4.69) is 205 Å². The largest absolute Gasteiger partial charge is 0.456 e. The molecule has 4 bridgehead atoms. The molecule has 0 N–H and O–H groups in total. The third kappa shape index (κ3) is 5.80. The Morgan fingerprint density at radius 1 is 0.333 bits per heavy atom. The van der Waals surface area contributed by atoms with Crippen LogP contribution in [-0.4, -0.2) is 0 Å². The topological polar surface area (TPSA) is 16.4 Å². The van der Waals surface area contributed by atoms with E-state index in [1.54, 1.807) is 11.1 Å². The molecule has 5 aliphatic rings. The zero-order valence-electron chi connectivity index (χ0n) is 36.9. The van der Waals surface area contributed by atoms with Gasteiger partial charge in [0.15, 0.2) is 0 Å². The lowest BCUT2D eigenvalue weighted by Gasteiger charge is -2.61. The van der Waals surface area contributed by atoms with Crippen molar-refractivity contribution in [3.63, 3.8) is 0 Å². The number of para-hydroxylation sites is 1. The monoisotopic (exact) mass is 847 g/mol. The number of hydrogen-bond acceptors (Lipinski definition) is 2. The van der Waals surface area contributed by atoms with Crippen LogP contribution >= 0.6 is 0 Å². The quantitative estimate of drug-likeness (QED) is 0.159. The van der Waals surface area contributed by atoms with E-state index in [1.807, 2.05) is 12.1 Å². The van der Waals surface area contributed by atoms with Crippen LogP contribution in [0.5, 0.6) is 0 Å². The highest BCUT2D eigenvalue weighted by atomic mass is 16.3. The molecule has 0 saturated heterocycles. The Bertz CT molecular complexity index is 3440. The minimum Gasteiger partial charge on any atom is -0.456 e. The van der Waals surface area contributed by atoms with E-state index in [9.17, 15) is 0 Å². The van der Waals surface area contributed by atoms with E-state index in [0.717, 1.165) is 62.7 Å². The summed E-state index contributed by atoms with van der Waals surface area (Å²) in [5.41, 5.74) is 21.3. The highest BCUT2D eigenvalue weighted by molar-refractivity contribution is 6.06. The Kier molecular flexibility index (Phi) is 8.50. The van der Waals surface area contributed by atoms with Gasteiger partial charge in [-0.25, -0.2) is 0 Å². The Labute approximate surface area is 386 Å². The molecule has 4 saturated carbocycles. The summed E-state index contributed by atoms with van der Waals surface area (Å²) in [4.78, 5) is 2.33. The molecule has 15 rings (SSSR count). The van der Waals surface area contributed by atoms with Gasteiger partial charge in [0.1, 0.15) is 11.2 Å². The van der Waals surface area contributed by atoms with Crippen molar-refractivity contribution in [3.05, 3.63) is 223 Å². The normalized spacial score (nSPS) is 21.1. The smallest absolute Gasteiger partial charge is 0.137 e. The van der Waals surface area contributed by atoms with Gasteiger partial charge < -0.3 is 9.32 Å². The van der Waals surface area contributed by atoms with E-state index >= 15 is 0 Å². The fourth-order valence-electron chi connectivity index (χ4n) is 13.7. The highest BCUT2D eigenvalue weighted by Crippen LogP contribution is 2.69. The minimum atomic E-state index is 0.196. The van der Waals surface area contributed by atoms with Crippen LogP contribution in [0, 0.1) is 23.7 Å². The number of anilines is 3. The number of furan rings is 1. The molecule has 2 heteroatoms. The van der Waals surface area contributed by atoms with Gasteiger partial charge in [0, 0.05) is 39.3 Å². The molecular weight excluding hydrogens is 799 g/mol. The average Bonchev–Trinajstić information content (AvgIpc) is 3.89. The average molecular weight is 848 g/mol. The van der Waals surface area contributed by atoms with Crippen LogP contribution in [0.2, 0.25) is 0 Å². The van der Waals surface area contributed by atoms with Crippen LogP contribution in [0.15, 0.2) is 217 Å². The molecule has 1 aromatic heterocycles. The van der Waals surface area contributed by atoms with Crippen LogP contribution in [-0.2, 0) is 5.41 Å². The molecule has 0 amide bonds. The molecule has 0 aliphatic heterocycles. The molecule has 9 aromatic carbocycles. The predicted molar refractivity (Wildman–Crippen MR) is 273 cm³/mol. The molecule has 4 fully saturated rings. The predicted octanol–water partition coefficient (Wildman–Crippen LogP) is 17.4. The van der Waals surface area contributed by atoms with Gasteiger partial charge in [0.2, 0.25) is 0 Å². The Morgan fingerprint density at radius 3 is 1.50 bits per heavy atom. The van der Waals surface area contributed by atoms with Gasteiger partial charge in [0.25, 0.3) is 0 Å². The van der Waals surface area contributed by atoms with E-state index < -0.39 is 0 Å². The maximum Gasteiger partial charge on any atom is 0.137 e. The molecule has 0 atom stereocenters. The summed E-state index contributed by atoms with van der Waals surface area (Å²) in [5, 5.41) is 2.26. The zero-order valence-corrected chi connectivity index (χ0v) is 36.9. The summed E-state index contributed by atoms with van der Waals surface area (Å²) in [5.74, 6) is 3.45. The Morgan fingerprint density at radius 2 is 0.818 bits per heavy atom. The first-order valence-electron chi connectivity index (χ1n) is 24.1. The second-order valence-corrected chi connectivity index (χ2v) is 19.7. The zero-order chi connectivity index (χ0) is 43.3. The Hall–Kier alpha value is -7.42. The van der Waals surface area contributed by atoms with Crippen molar-refractivity contribution in [3.8, 4) is 55.6 Å². The van der Waals surface area contributed by atoms with Crippen LogP contribution in [0.1, 0.15) is 43.2 Å². The van der Waals surface area contributed by atoms with Crippen LogP contribution in [0.4, 0.5) is 17.1 Å². The molecule has 316 valence electrons. The van der Waals surface area contributed by atoms with Gasteiger partial charge in [-0.05, 0) is 171 Å². The van der Waals surface area contributed by atoms with E-state index in [4.69, 9.17) is 4.42 Å². The lowest BCUT2D eigenvalue weighted by Crippen LogP contribution is -2.55. The van der Waals surface area contributed by atoms with Gasteiger partial charge in [0.05, 0.1) is 0 Å². The van der Waals surface area contributed by atoms with Crippen molar-refractivity contribution >= 4 is 39.0 Å². The van der Waals surface area contributed by atoms with Crippen molar-refractivity contribution in [1.29, 1.82) is 0 Å². The number of benzene rings is 9. The van der Waals surface area contributed by atoms with E-state index in [1.165, 1.54) is 87.7 Å². The number of hydrogen-bond donors (Lipinski definition) is 0. The van der Waals surface area contributed by atoms with Crippen molar-refractivity contribution in [1.82, 2.24) is 0 Å². The van der Waals surface area contributed by atoms with E-state index in [0.29, 0.717) is 0 Å². The summed E-state index contributed by atoms with van der Waals surface area (Å²) >= 11 is 0. The first-order valence-corrected chi connectivity index (χ1v) is 24.1. The van der Waals surface area contributed by atoms with Crippen LogP contribution in [0.3, 0.4) is 0 Å². The molecule has 2 nitrogen and oxygen atoms in total. The molecule has 66 heavy (non-hydrogen) atoms. The van der Waals surface area contributed by atoms with Gasteiger partial charge in [-0.3, -0.25) is 0 Å². The summed E-state index contributed by atoms with van der Waals surface area (Å²) in [7, 11) is 0. The highest BCUT2D eigenvalue weighted by Gasteiger charge is 2.61. The first-order chi connectivity index (χ1) is 32.7. The van der Waals surface area contributed by atoms with Crippen molar-refractivity contribution in [2.75, 3.05) is 4.90 Å². The number of fused-ring (bicyclic) bond motifs is 6. The third-order valence-electron chi connectivity index (χ3n) is 16.3. The van der Waals surface area contributed by atoms with E-state index in [-0.39, 0.29) is 5.41 Å². The molecule has 0 unspecified atom stereocenters. The second kappa shape index (κ2) is 14.8. The summed E-state index contributed by atoms with van der Waals surface area (Å²) in [6.07, 6.45) is 7.13.